The van der Waals surface area contributed by atoms with E-state index in [0.29, 0.717) is 10.8 Å². The molecule has 21 nitrogen and oxygen atoms in total. The SMILES string of the molecule is CC(=O)Nc1nc2c(ncn2[C@@H]2OC[C@H](OP(=O)([O-])OP(=O)([O-])OP(=O)([O-])OCCS(=O)(=O)c3ccc4ccc5cccc6ccc3c4c56)C2Oc2ccccc2)c(=O)[nH]1. The lowest BCUT2D eigenvalue weighted by atomic mass is 9.94. The normalized spacial score (nSPS) is 20.3. The first kappa shape index (κ1) is 41.8. The molecule has 25 heteroatoms. The lowest BCUT2D eigenvalue weighted by Crippen LogP contribution is -2.36. The van der Waals surface area contributed by atoms with Gasteiger partial charge in [-0.25, -0.2) is 22.0 Å². The number of amides is 1. The number of aromatic nitrogens is 4. The van der Waals surface area contributed by atoms with Gasteiger partial charge in [0, 0.05) is 12.3 Å². The number of carbonyl (C=O) groups is 1. The molecule has 2 aromatic heterocycles. The first-order chi connectivity index (χ1) is 28.4. The molecule has 314 valence electrons. The lowest BCUT2D eigenvalue weighted by Gasteiger charge is -2.35. The van der Waals surface area contributed by atoms with Gasteiger partial charge in [0.15, 0.2) is 33.3 Å². The topological polar surface area (TPSA) is 303 Å². The van der Waals surface area contributed by atoms with Crippen molar-refractivity contribution in [3.8, 4) is 5.75 Å². The molecule has 7 aromatic rings. The Labute approximate surface area is 337 Å². The van der Waals surface area contributed by atoms with Crippen LogP contribution in [0.25, 0.3) is 43.5 Å². The molecule has 1 fully saturated rings. The molecule has 8 rings (SSSR count). The number of phosphoric ester groups is 2. The van der Waals surface area contributed by atoms with E-state index in [1.54, 1.807) is 36.4 Å². The predicted molar refractivity (Wildman–Crippen MR) is 206 cm³/mol. The number of nitrogens with one attached hydrogen (secondary N) is 2. The van der Waals surface area contributed by atoms with Crippen molar-refractivity contribution in [2.24, 2.45) is 0 Å². The number of benzene rings is 5. The van der Waals surface area contributed by atoms with Crippen molar-refractivity contribution in [3.63, 3.8) is 0 Å². The van der Waals surface area contributed by atoms with Crippen LogP contribution in [0.5, 0.6) is 5.75 Å². The number of rotatable bonds is 15. The lowest BCUT2D eigenvalue weighted by molar-refractivity contribution is -0.252. The van der Waals surface area contributed by atoms with Crippen LogP contribution in [0.15, 0.2) is 101 Å². The second kappa shape index (κ2) is 15.8. The number of aromatic amines is 1. The number of phosphoric acid groups is 3. The van der Waals surface area contributed by atoms with E-state index >= 15 is 0 Å². The summed E-state index contributed by atoms with van der Waals surface area (Å²) in [4.78, 5) is 72.9. The number of imidazole rings is 1. The number of fused-ring (bicyclic) bond motifs is 1. The van der Waals surface area contributed by atoms with Crippen LogP contribution in [-0.4, -0.2) is 65.0 Å². The zero-order valence-corrected chi connectivity index (χ0v) is 34.1. The van der Waals surface area contributed by atoms with Gasteiger partial charge in [-0.3, -0.25) is 38.2 Å². The summed E-state index contributed by atoms with van der Waals surface area (Å²) in [6.45, 7) is -0.562. The molecule has 2 N–H and O–H groups in total. The van der Waals surface area contributed by atoms with E-state index in [-0.39, 0.29) is 27.8 Å². The number of sulfone groups is 1. The van der Waals surface area contributed by atoms with E-state index in [1.165, 1.54) is 29.7 Å². The summed E-state index contributed by atoms with van der Waals surface area (Å²) in [5.41, 5.74) is -1.08. The van der Waals surface area contributed by atoms with Gasteiger partial charge in [-0.2, -0.15) is 4.98 Å². The number of ether oxygens (including phenoxy) is 2. The molecule has 60 heavy (non-hydrogen) atoms. The molecule has 1 amide bonds. The molecule has 6 atom stereocenters. The van der Waals surface area contributed by atoms with Crippen LogP contribution in [0.4, 0.5) is 5.95 Å². The zero-order valence-electron chi connectivity index (χ0n) is 30.6. The fraction of sp³-hybridized carbons (Fsp3) is 0.200. The van der Waals surface area contributed by atoms with Crippen LogP contribution in [0.1, 0.15) is 13.2 Å². The van der Waals surface area contributed by atoms with Crippen molar-refractivity contribution in [2.75, 3.05) is 24.3 Å². The molecule has 3 heterocycles. The summed E-state index contributed by atoms with van der Waals surface area (Å²) in [7, 11) is -22.7. The first-order valence-electron chi connectivity index (χ1n) is 17.5. The molecule has 5 aromatic carbocycles. The van der Waals surface area contributed by atoms with Gasteiger partial charge in [-0.05, 0) is 45.1 Å². The smallest absolute Gasteiger partial charge is 0.280 e. The van der Waals surface area contributed by atoms with Crippen molar-refractivity contribution in [1.82, 2.24) is 19.5 Å². The van der Waals surface area contributed by atoms with Crippen molar-refractivity contribution in [1.29, 1.82) is 0 Å². The standard InChI is InChI=1S/C35H32N5O16P3S/c1-20(41)37-35-38-32-30(33(42)39-35)36-19-40(32)34-31(53-24-8-3-2-4-9-24)26(18-51-34)54-58(45,46)56-59(47,48)55-57(43,44)52-16-17-60(49,50)27-15-13-23-11-10-21-6-5-7-22-12-14-25(27)29(23)28(21)22/h2-15,19,26,31,34H,16-18H2,1H3,(H,43,44)(H,45,46)(H,47,48)(H2,37,38,39,41,42)/p-3/t26-,31?,34+/m0/s1. The Balaban J connectivity index is 0.952. The fourth-order valence-corrected chi connectivity index (χ4v) is 11.8. The van der Waals surface area contributed by atoms with E-state index in [0.717, 1.165) is 27.9 Å². The Bertz CT molecular complexity index is 3100. The molecular weight excluding hydrogens is 871 g/mol. The Hall–Kier alpha value is -4.92. The first-order valence-corrected chi connectivity index (χ1v) is 23.6. The quantitative estimate of drug-likeness (QED) is 0.110. The summed E-state index contributed by atoms with van der Waals surface area (Å²) in [5, 5.41) is 6.75. The monoisotopic (exact) mass is 900 g/mol. The Kier molecular flexibility index (Phi) is 11.0. The number of carbonyl (C=O) groups excluding carboxylic acids is 1. The molecule has 1 aliphatic rings. The average Bonchev–Trinajstić information content (AvgIpc) is 3.76. The van der Waals surface area contributed by atoms with E-state index in [9.17, 15) is 46.4 Å². The van der Waals surface area contributed by atoms with Crippen LogP contribution in [0, 0.1) is 0 Å². The van der Waals surface area contributed by atoms with Gasteiger partial charge in [-0.15, -0.1) is 0 Å². The van der Waals surface area contributed by atoms with Crippen LogP contribution in [-0.2, 0) is 50.7 Å². The van der Waals surface area contributed by atoms with Crippen molar-refractivity contribution >= 4 is 88.6 Å². The highest BCUT2D eigenvalue weighted by molar-refractivity contribution is 7.91. The minimum absolute atomic E-state index is 0.130. The predicted octanol–water partition coefficient (Wildman–Crippen LogP) is 3.27. The molecular formula is C35H29N5O16P3S-3. The Morgan fingerprint density at radius 3 is 2.28 bits per heavy atom. The summed E-state index contributed by atoms with van der Waals surface area (Å²) < 4.78 is 95.6. The number of H-pyrrole nitrogens is 1. The van der Waals surface area contributed by atoms with Gasteiger partial charge in [0.1, 0.15) is 11.9 Å². The number of para-hydroxylation sites is 1. The molecule has 0 aliphatic carbocycles. The Morgan fingerprint density at radius 2 is 1.57 bits per heavy atom. The summed E-state index contributed by atoms with van der Waals surface area (Å²) >= 11 is 0. The number of nitrogens with zero attached hydrogens (tertiary/aromatic N) is 3. The zero-order chi connectivity index (χ0) is 42.6. The van der Waals surface area contributed by atoms with Gasteiger partial charge in [0.05, 0.1) is 30.2 Å². The maximum absolute atomic E-state index is 13.5. The number of anilines is 1. The van der Waals surface area contributed by atoms with Gasteiger partial charge >= 0.3 is 0 Å². The molecule has 0 saturated carbocycles. The molecule has 0 bridgehead atoms. The summed E-state index contributed by atoms with van der Waals surface area (Å²) in [5.74, 6) is -1.60. The maximum atomic E-state index is 13.5. The minimum Gasteiger partial charge on any atom is -0.756 e. The minimum atomic E-state index is -6.38. The third-order valence-corrected chi connectivity index (χ3v) is 15.1. The Morgan fingerprint density at radius 1 is 0.900 bits per heavy atom. The van der Waals surface area contributed by atoms with E-state index in [1.807, 2.05) is 30.3 Å². The van der Waals surface area contributed by atoms with Gasteiger partial charge < -0.3 is 33.2 Å². The molecule has 1 saturated heterocycles. The van der Waals surface area contributed by atoms with Crippen LogP contribution < -0.4 is 30.3 Å². The van der Waals surface area contributed by atoms with Gasteiger partial charge in [0.25, 0.3) is 29.0 Å². The molecule has 0 radical (unpaired) electrons. The van der Waals surface area contributed by atoms with Crippen molar-refractivity contribution in [2.45, 2.75) is 30.3 Å². The van der Waals surface area contributed by atoms with E-state index < -0.39 is 82.2 Å². The van der Waals surface area contributed by atoms with E-state index in [4.69, 9.17) is 14.0 Å². The molecule has 0 spiro atoms. The number of hydrogen-bond acceptors (Lipinski definition) is 18. The third kappa shape index (κ3) is 8.64. The highest BCUT2D eigenvalue weighted by Crippen LogP contribution is 2.63. The van der Waals surface area contributed by atoms with E-state index in [2.05, 4.69) is 33.4 Å². The molecule has 1 aliphatic heterocycles. The summed E-state index contributed by atoms with van der Waals surface area (Å²) in [6, 6.07) is 23.6. The van der Waals surface area contributed by atoms with Crippen LogP contribution in [0.2, 0.25) is 0 Å². The van der Waals surface area contributed by atoms with Gasteiger partial charge in [0.2, 0.25) is 11.9 Å². The van der Waals surface area contributed by atoms with Crippen LogP contribution in [0.3, 0.4) is 0 Å². The summed E-state index contributed by atoms with van der Waals surface area (Å²) in [6.07, 6.45) is -3.41. The van der Waals surface area contributed by atoms with Crippen LogP contribution >= 0.6 is 23.5 Å². The third-order valence-electron chi connectivity index (χ3n) is 9.18. The highest BCUT2D eigenvalue weighted by Gasteiger charge is 2.45. The van der Waals surface area contributed by atoms with Gasteiger partial charge in [-0.1, -0.05) is 66.7 Å². The highest BCUT2D eigenvalue weighted by atomic mass is 32.2. The fourth-order valence-electron chi connectivity index (χ4n) is 6.84. The largest absolute Gasteiger partial charge is 0.756 e. The van der Waals surface area contributed by atoms with Crippen molar-refractivity contribution in [3.05, 3.63) is 102 Å². The number of hydrogen-bond donors (Lipinski definition) is 2. The van der Waals surface area contributed by atoms with Crippen molar-refractivity contribution < 1.29 is 68.7 Å². The maximum Gasteiger partial charge on any atom is 0.280 e. The average molecular weight is 901 g/mol. The second-order valence-electron chi connectivity index (χ2n) is 13.3. The second-order valence-corrected chi connectivity index (χ2v) is 19.8. The molecule has 4 unspecified atom stereocenters.